The van der Waals surface area contributed by atoms with Crippen LogP contribution in [0.15, 0.2) is 30.6 Å². The number of rotatable bonds is 4. The smallest absolute Gasteiger partial charge is 0.247 e. The van der Waals surface area contributed by atoms with Gasteiger partial charge in [0.2, 0.25) is 12.7 Å². The first-order chi connectivity index (χ1) is 10.5. The van der Waals surface area contributed by atoms with E-state index in [1.165, 1.54) is 0 Å². The molecule has 1 aliphatic heterocycles. The third-order valence-corrected chi connectivity index (χ3v) is 3.75. The molecule has 0 atom stereocenters. The zero-order valence-corrected chi connectivity index (χ0v) is 12.9. The minimum Gasteiger partial charge on any atom is -0.454 e. The van der Waals surface area contributed by atoms with Crippen LogP contribution in [0.3, 0.4) is 0 Å². The van der Waals surface area contributed by atoms with Crippen molar-refractivity contribution >= 4 is 5.91 Å². The lowest BCUT2D eigenvalue weighted by Gasteiger charge is -2.23. The van der Waals surface area contributed by atoms with E-state index in [9.17, 15) is 4.79 Å². The lowest BCUT2D eigenvalue weighted by molar-refractivity contribution is -0.128. The highest BCUT2D eigenvalue weighted by atomic mass is 16.7. The van der Waals surface area contributed by atoms with Crippen molar-refractivity contribution < 1.29 is 14.3 Å². The van der Waals surface area contributed by atoms with Crippen molar-refractivity contribution in [2.24, 2.45) is 0 Å². The standard InChI is InChI=1S/C16H19N3O3/c1-4-17-15(20)16(2,3)19-9-12(8-18-19)11-5-6-13-14(7-11)22-10-21-13/h5-9H,4,10H2,1-3H3,(H,17,20). The number of nitrogens with zero attached hydrogens (tertiary/aromatic N) is 2. The Morgan fingerprint density at radius 3 is 2.86 bits per heavy atom. The number of benzene rings is 1. The molecule has 0 spiro atoms. The summed E-state index contributed by atoms with van der Waals surface area (Å²) in [6, 6.07) is 5.75. The monoisotopic (exact) mass is 301 g/mol. The van der Waals surface area contributed by atoms with Crippen molar-refractivity contribution in [3.63, 3.8) is 0 Å². The highest BCUT2D eigenvalue weighted by molar-refractivity contribution is 5.83. The fourth-order valence-electron chi connectivity index (χ4n) is 2.33. The summed E-state index contributed by atoms with van der Waals surface area (Å²) in [5, 5.41) is 7.18. The quantitative estimate of drug-likeness (QED) is 0.939. The van der Waals surface area contributed by atoms with Crippen LogP contribution in [0, 0.1) is 0 Å². The van der Waals surface area contributed by atoms with Gasteiger partial charge in [-0.2, -0.15) is 5.10 Å². The molecule has 6 heteroatoms. The van der Waals surface area contributed by atoms with E-state index in [2.05, 4.69) is 10.4 Å². The molecule has 2 heterocycles. The lowest BCUT2D eigenvalue weighted by Crippen LogP contribution is -2.44. The Hall–Kier alpha value is -2.50. The van der Waals surface area contributed by atoms with Gasteiger partial charge in [0.1, 0.15) is 5.54 Å². The molecule has 0 saturated heterocycles. The Morgan fingerprint density at radius 2 is 2.09 bits per heavy atom. The number of carbonyl (C=O) groups excluding carboxylic acids is 1. The van der Waals surface area contributed by atoms with Gasteiger partial charge in [0.25, 0.3) is 0 Å². The van der Waals surface area contributed by atoms with E-state index < -0.39 is 5.54 Å². The Balaban J connectivity index is 1.89. The highest BCUT2D eigenvalue weighted by Crippen LogP contribution is 2.36. The van der Waals surface area contributed by atoms with E-state index in [0.717, 1.165) is 22.6 Å². The van der Waals surface area contributed by atoms with E-state index >= 15 is 0 Å². The van der Waals surface area contributed by atoms with Crippen LogP contribution in [0.4, 0.5) is 0 Å². The topological polar surface area (TPSA) is 65.4 Å². The van der Waals surface area contributed by atoms with Gasteiger partial charge in [0.15, 0.2) is 11.5 Å². The summed E-state index contributed by atoms with van der Waals surface area (Å²) >= 11 is 0. The molecule has 22 heavy (non-hydrogen) atoms. The molecule has 0 bridgehead atoms. The van der Waals surface area contributed by atoms with Gasteiger partial charge in [-0.25, -0.2) is 0 Å². The average Bonchev–Trinajstić information content (AvgIpc) is 3.16. The van der Waals surface area contributed by atoms with Crippen molar-refractivity contribution in [2.75, 3.05) is 13.3 Å². The van der Waals surface area contributed by atoms with Gasteiger partial charge in [0, 0.05) is 18.3 Å². The fraction of sp³-hybridized carbons (Fsp3) is 0.375. The molecule has 116 valence electrons. The number of ether oxygens (including phenoxy) is 2. The third-order valence-electron chi connectivity index (χ3n) is 3.75. The van der Waals surface area contributed by atoms with Crippen LogP contribution < -0.4 is 14.8 Å². The maximum atomic E-state index is 12.2. The van der Waals surface area contributed by atoms with Gasteiger partial charge in [-0.1, -0.05) is 6.07 Å². The summed E-state index contributed by atoms with van der Waals surface area (Å²) in [4.78, 5) is 12.2. The maximum absolute atomic E-state index is 12.2. The van der Waals surface area contributed by atoms with Crippen LogP contribution in [0.5, 0.6) is 11.5 Å². The minimum absolute atomic E-state index is 0.0599. The van der Waals surface area contributed by atoms with Gasteiger partial charge in [-0.15, -0.1) is 0 Å². The van der Waals surface area contributed by atoms with Crippen molar-refractivity contribution in [2.45, 2.75) is 26.3 Å². The van der Waals surface area contributed by atoms with Gasteiger partial charge in [-0.3, -0.25) is 9.48 Å². The molecular weight excluding hydrogens is 282 g/mol. The average molecular weight is 301 g/mol. The molecule has 0 unspecified atom stereocenters. The highest BCUT2D eigenvalue weighted by Gasteiger charge is 2.30. The normalized spacial score (nSPS) is 13.2. The SMILES string of the molecule is CCNC(=O)C(C)(C)n1cc(-c2ccc3c(c2)OCO3)cn1. The Labute approximate surface area is 129 Å². The van der Waals surface area contributed by atoms with Crippen LogP contribution in [-0.2, 0) is 10.3 Å². The molecule has 0 fully saturated rings. The number of likely N-dealkylation sites (N-methyl/N-ethyl adjacent to an activating group) is 1. The zero-order chi connectivity index (χ0) is 15.7. The Morgan fingerprint density at radius 1 is 1.32 bits per heavy atom. The molecule has 0 aliphatic carbocycles. The number of nitrogens with one attached hydrogen (secondary N) is 1. The van der Waals surface area contributed by atoms with Crippen LogP contribution in [0.1, 0.15) is 20.8 Å². The molecule has 1 aliphatic rings. The summed E-state index contributed by atoms with van der Waals surface area (Å²) in [6.07, 6.45) is 3.62. The van der Waals surface area contributed by atoms with E-state index in [4.69, 9.17) is 9.47 Å². The van der Waals surface area contributed by atoms with Crippen LogP contribution >= 0.6 is 0 Å². The predicted octanol–water partition coefficient (Wildman–Crippen LogP) is 2.15. The van der Waals surface area contributed by atoms with Gasteiger partial charge in [0.05, 0.1) is 6.20 Å². The first-order valence-electron chi connectivity index (χ1n) is 7.26. The number of aromatic nitrogens is 2. The maximum Gasteiger partial charge on any atom is 0.247 e. The summed E-state index contributed by atoms with van der Waals surface area (Å²) in [7, 11) is 0. The van der Waals surface area contributed by atoms with Crippen molar-refractivity contribution in [1.82, 2.24) is 15.1 Å². The molecular formula is C16H19N3O3. The van der Waals surface area contributed by atoms with Gasteiger partial charge >= 0.3 is 0 Å². The molecule has 2 aromatic rings. The molecule has 1 N–H and O–H groups in total. The lowest BCUT2D eigenvalue weighted by atomic mass is 10.0. The number of hydrogen-bond acceptors (Lipinski definition) is 4. The molecule has 0 radical (unpaired) electrons. The van der Waals surface area contributed by atoms with Gasteiger partial charge < -0.3 is 14.8 Å². The first-order valence-corrected chi connectivity index (χ1v) is 7.26. The summed E-state index contributed by atoms with van der Waals surface area (Å²) < 4.78 is 12.4. The van der Waals surface area contributed by atoms with E-state index in [0.29, 0.717) is 6.54 Å². The van der Waals surface area contributed by atoms with Crippen molar-refractivity contribution in [3.8, 4) is 22.6 Å². The number of amides is 1. The second-order valence-electron chi connectivity index (χ2n) is 5.66. The molecule has 3 rings (SSSR count). The minimum atomic E-state index is -0.745. The number of hydrogen-bond donors (Lipinski definition) is 1. The predicted molar refractivity (Wildman–Crippen MR) is 81.8 cm³/mol. The summed E-state index contributed by atoms with van der Waals surface area (Å²) in [6.45, 7) is 6.43. The second kappa shape index (κ2) is 5.36. The number of fused-ring (bicyclic) bond motifs is 1. The van der Waals surface area contributed by atoms with E-state index in [1.807, 2.05) is 45.2 Å². The van der Waals surface area contributed by atoms with E-state index in [-0.39, 0.29) is 12.7 Å². The van der Waals surface area contributed by atoms with Crippen LogP contribution in [0.25, 0.3) is 11.1 Å². The van der Waals surface area contributed by atoms with Crippen molar-refractivity contribution in [3.05, 3.63) is 30.6 Å². The number of carbonyl (C=O) groups is 1. The molecule has 6 nitrogen and oxygen atoms in total. The van der Waals surface area contributed by atoms with E-state index in [1.54, 1.807) is 10.9 Å². The van der Waals surface area contributed by atoms with Crippen molar-refractivity contribution in [1.29, 1.82) is 0 Å². The molecule has 1 amide bonds. The fourth-order valence-corrected chi connectivity index (χ4v) is 2.33. The van der Waals surface area contributed by atoms with Gasteiger partial charge in [-0.05, 0) is 38.5 Å². The largest absolute Gasteiger partial charge is 0.454 e. The summed E-state index contributed by atoms with van der Waals surface area (Å²) in [5.41, 5.74) is 1.16. The Kier molecular flexibility index (Phi) is 3.52. The third kappa shape index (κ3) is 2.41. The molecule has 0 saturated carbocycles. The molecule has 1 aromatic carbocycles. The Bertz CT molecular complexity index is 706. The zero-order valence-electron chi connectivity index (χ0n) is 12.9. The van der Waals surface area contributed by atoms with Crippen LogP contribution in [-0.4, -0.2) is 29.0 Å². The second-order valence-corrected chi connectivity index (χ2v) is 5.66. The van der Waals surface area contributed by atoms with Crippen LogP contribution in [0.2, 0.25) is 0 Å². The summed E-state index contributed by atoms with van der Waals surface area (Å²) in [5.74, 6) is 1.42. The molecule has 1 aromatic heterocycles. The first kappa shape index (κ1) is 14.4.